The van der Waals surface area contributed by atoms with Gasteiger partial charge in [-0.1, -0.05) is 68.5 Å². The van der Waals surface area contributed by atoms with Crippen molar-refractivity contribution in [3.63, 3.8) is 0 Å². The monoisotopic (exact) mass is 435 g/mol. The Balaban J connectivity index is 1.92. The summed E-state index contributed by atoms with van der Waals surface area (Å²) >= 11 is 6.55. The van der Waals surface area contributed by atoms with Gasteiger partial charge in [-0.3, -0.25) is 19.3 Å². The summed E-state index contributed by atoms with van der Waals surface area (Å²) < 4.78 is 0.464. The van der Waals surface area contributed by atoms with E-state index in [0.717, 1.165) is 12.0 Å². The first-order chi connectivity index (χ1) is 13.7. The van der Waals surface area contributed by atoms with Gasteiger partial charge < -0.3 is 10.2 Å². The van der Waals surface area contributed by atoms with E-state index in [2.05, 4.69) is 26.0 Å². The molecule has 0 atom stereocenters. The summed E-state index contributed by atoms with van der Waals surface area (Å²) in [5.74, 6) is -3.69. The number of thiocarbonyl (C=S) groups is 1. The van der Waals surface area contributed by atoms with Crippen LogP contribution in [0.25, 0.3) is 6.08 Å². The molecule has 2 rings (SSSR count). The molecule has 1 amide bonds. The highest BCUT2D eigenvalue weighted by atomic mass is 32.2. The smallest absolute Gasteiger partial charge is 0.317 e. The Hall–Kier alpha value is -2.19. The number of aliphatic carboxylic acids is 2. The van der Waals surface area contributed by atoms with Crippen molar-refractivity contribution in [1.82, 2.24) is 4.90 Å². The summed E-state index contributed by atoms with van der Waals surface area (Å²) in [6.45, 7) is 4.69. The molecule has 0 radical (unpaired) electrons. The number of carbonyl (C=O) groups is 3. The molecular formula is C21H25NO5S2. The molecule has 0 saturated carbocycles. The van der Waals surface area contributed by atoms with Gasteiger partial charge in [0, 0.05) is 6.54 Å². The molecule has 0 bridgehead atoms. The molecule has 156 valence electrons. The number of benzene rings is 1. The summed E-state index contributed by atoms with van der Waals surface area (Å²) in [7, 11) is 0. The molecule has 6 nitrogen and oxygen atoms in total. The van der Waals surface area contributed by atoms with Crippen LogP contribution in [0, 0.1) is 11.8 Å². The molecule has 1 aliphatic rings. The fourth-order valence-electron chi connectivity index (χ4n) is 3.04. The van der Waals surface area contributed by atoms with Gasteiger partial charge in [0.25, 0.3) is 5.91 Å². The zero-order chi connectivity index (χ0) is 21.6. The number of hydrogen-bond donors (Lipinski definition) is 2. The van der Waals surface area contributed by atoms with E-state index in [0.29, 0.717) is 34.5 Å². The predicted molar refractivity (Wildman–Crippen MR) is 117 cm³/mol. The highest BCUT2D eigenvalue weighted by Gasteiger charge is 2.32. The van der Waals surface area contributed by atoms with Gasteiger partial charge in [0.2, 0.25) is 0 Å². The van der Waals surface area contributed by atoms with Gasteiger partial charge in [-0.2, -0.15) is 0 Å². The van der Waals surface area contributed by atoms with Gasteiger partial charge >= 0.3 is 11.9 Å². The van der Waals surface area contributed by atoms with E-state index in [1.165, 1.54) is 22.2 Å². The van der Waals surface area contributed by atoms with Gasteiger partial charge in [-0.15, -0.1) is 0 Å². The summed E-state index contributed by atoms with van der Waals surface area (Å²) in [6, 6.07) is 8.10. The van der Waals surface area contributed by atoms with Crippen LogP contribution in [0.1, 0.15) is 44.2 Å². The first kappa shape index (κ1) is 23.1. The van der Waals surface area contributed by atoms with Gasteiger partial charge in [0.05, 0.1) is 4.91 Å². The first-order valence-corrected chi connectivity index (χ1v) is 10.7. The van der Waals surface area contributed by atoms with Crippen LogP contribution in [0.5, 0.6) is 0 Å². The summed E-state index contributed by atoms with van der Waals surface area (Å²) in [4.78, 5) is 36.5. The molecule has 1 aliphatic heterocycles. The molecule has 8 heteroatoms. The quantitative estimate of drug-likeness (QED) is 0.248. The van der Waals surface area contributed by atoms with Crippen molar-refractivity contribution in [2.75, 3.05) is 6.54 Å². The largest absolute Gasteiger partial charge is 0.481 e. The maximum absolute atomic E-state index is 12.6. The number of rotatable bonds is 10. The molecule has 1 aromatic rings. The number of nitrogens with zero attached hydrogens (tertiary/aromatic N) is 1. The van der Waals surface area contributed by atoms with Crippen LogP contribution in [0.3, 0.4) is 0 Å². The average molecular weight is 436 g/mol. The van der Waals surface area contributed by atoms with Crippen molar-refractivity contribution in [2.45, 2.75) is 39.5 Å². The standard InChI is InChI=1S/C21H25NO5S2/c1-13(2)11-14-6-8-15(9-7-14)12-17-18(23)22(21(28)29-17)10-4-3-5-16(19(24)25)20(26)27/h6-9,12-13,16H,3-5,10-11H2,1-2H3,(H,24,25)(H,26,27). The number of thioether (sulfide) groups is 1. The predicted octanol–water partition coefficient (Wildman–Crippen LogP) is 4.04. The summed E-state index contributed by atoms with van der Waals surface area (Å²) in [6.07, 6.45) is 3.73. The Kier molecular flexibility index (Phi) is 8.40. The summed E-state index contributed by atoms with van der Waals surface area (Å²) in [5.41, 5.74) is 2.19. The Morgan fingerprint density at radius 2 is 1.76 bits per heavy atom. The van der Waals surface area contributed by atoms with Gasteiger partial charge in [0.15, 0.2) is 5.92 Å². The molecule has 1 fully saturated rings. The van der Waals surface area contributed by atoms with Crippen molar-refractivity contribution >= 4 is 52.2 Å². The number of amides is 1. The normalized spacial score (nSPS) is 15.7. The third-order valence-electron chi connectivity index (χ3n) is 4.52. The lowest BCUT2D eigenvalue weighted by Gasteiger charge is -2.14. The zero-order valence-electron chi connectivity index (χ0n) is 16.5. The molecule has 0 aromatic heterocycles. The number of carbonyl (C=O) groups excluding carboxylic acids is 1. The number of carboxylic acid groups (broad SMARTS) is 2. The van der Waals surface area contributed by atoms with Crippen LogP contribution in [-0.4, -0.2) is 43.8 Å². The topological polar surface area (TPSA) is 94.9 Å². The maximum Gasteiger partial charge on any atom is 0.317 e. The Bertz CT molecular complexity index is 803. The maximum atomic E-state index is 12.6. The van der Waals surface area contributed by atoms with E-state index < -0.39 is 17.9 Å². The van der Waals surface area contributed by atoms with E-state index >= 15 is 0 Å². The van der Waals surface area contributed by atoms with Gasteiger partial charge in [-0.05, 0) is 42.4 Å². The van der Waals surface area contributed by atoms with E-state index in [1.807, 2.05) is 18.2 Å². The fraction of sp³-hybridized carbons (Fsp3) is 0.429. The molecule has 0 unspecified atom stereocenters. The number of carboxylic acids is 2. The van der Waals surface area contributed by atoms with Crippen LogP contribution in [0.4, 0.5) is 0 Å². The lowest BCUT2D eigenvalue weighted by Crippen LogP contribution is -2.29. The van der Waals surface area contributed by atoms with Crippen LogP contribution in [0.15, 0.2) is 29.2 Å². The van der Waals surface area contributed by atoms with E-state index in [-0.39, 0.29) is 12.3 Å². The third-order valence-corrected chi connectivity index (χ3v) is 5.89. The van der Waals surface area contributed by atoms with Crippen LogP contribution >= 0.6 is 24.0 Å². The number of unbranched alkanes of at least 4 members (excludes halogenated alkanes) is 1. The van der Waals surface area contributed by atoms with Crippen molar-refractivity contribution in [1.29, 1.82) is 0 Å². The highest BCUT2D eigenvalue weighted by Crippen LogP contribution is 2.33. The molecule has 0 aliphatic carbocycles. The SMILES string of the molecule is CC(C)Cc1ccc(C=C2SC(=S)N(CCCCC(C(=O)O)C(=O)O)C2=O)cc1. The molecule has 2 N–H and O–H groups in total. The van der Waals surface area contributed by atoms with Gasteiger partial charge in [0.1, 0.15) is 4.32 Å². The Labute approximate surface area is 180 Å². The molecule has 0 spiro atoms. The molecule has 1 saturated heterocycles. The number of hydrogen-bond acceptors (Lipinski definition) is 5. The summed E-state index contributed by atoms with van der Waals surface area (Å²) in [5, 5.41) is 17.8. The third kappa shape index (κ3) is 6.68. The highest BCUT2D eigenvalue weighted by molar-refractivity contribution is 8.26. The van der Waals surface area contributed by atoms with Crippen LogP contribution < -0.4 is 0 Å². The average Bonchev–Trinajstić information content (AvgIpc) is 2.89. The lowest BCUT2D eigenvalue weighted by molar-refractivity contribution is -0.154. The zero-order valence-corrected chi connectivity index (χ0v) is 18.1. The minimum atomic E-state index is -1.42. The van der Waals surface area contributed by atoms with Gasteiger partial charge in [-0.25, -0.2) is 0 Å². The van der Waals surface area contributed by atoms with Crippen LogP contribution in [0.2, 0.25) is 0 Å². The van der Waals surface area contributed by atoms with Crippen molar-refractivity contribution < 1.29 is 24.6 Å². The molecule has 1 aromatic carbocycles. The second-order valence-electron chi connectivity index (χ2n) is 7.40. The first-order valence-electron chi connectivity index (χ1n) is 9.49. The molecule has 1 heterocycles. The second kappa shape index (κ2) is 10.5. The van der Waals surface area contributed by atoms with Crippen molar-refractivity contribution in [2.24, 2.45) is 11.8 Å². The van der Waals surface area contributed by atoms with Crippen molar-refractivity contribution in [3.8, 4) is 0 Å². The van der Waals surface area contributed by atoms with Crippen molar-refractivity contribution in [3.05, 3.63) is 40.3 Å². The van der Waals surface area contributed by atoms with Crippen LogP contribution in [-0.2, 0) is 20.8 Å². The molecular weight excluding hydrogens is 410 g/mol. The lowest BCUT2D eigenvalue weighted by atomic mass is 10.0. The Morgan fingerprint density at radius 1 is 1.14 bits per heavy atom. The second-order valence-corrected chi connectivity index (χ2v) is 9.07. The fourth-order valence-corrected chi connectivity index (χ4v) is 4.35. The minimum Gasteiger partial charge on any atom is -0.481 e. The Morgan fingerprint density at radius 3 is 2.31 bits per heavy atom. The minimum absolute atomic E-state index is 0.0258. The van der Waals surface area contributed by atoms with E-state index in [4.69, 9.17) is 22.4 Å². The van der Waals surface area contributed by atoms with E-state index in [1.54, 1.807) is 0 Å². The van der Waals surface area contributed by atoms with E-state index in [9.17, 15) is 14.4 Å². The molecule has 29 heavy (non-hydrogen) atoms.